The molecular formula is C26H49N. The van der Waals surface area contributed by atoms with E-state index in [1.807, 2.05) is 0 Å². The molecule has 0 saturated carbocycles. The molecule has 0 aliphatic heterocycles. The van der Waals surface area contributed by atoms with E-state index in [9.17, 15) is 0 Å². The summed E-state index contributed by atoms with van der Waals surface area (Å²) in [5, 5.41) is 3.64. The van der Waals surface area contributed by atoms with Crippen LogP contribution >= 0.6 is 0 Å². The summed E-state index contributed by atoms with van der Waals surface area (Å²) in [5.74, 6) is 3.19. The molecule has 0 aromatic rings. The molecule has 0 bridgehead atoms. The van der Waals surface area contributed by atoms with E-state index < -0.39 is 0 Å². The quantitative estimate of drug-likeness (QED) is 0.284. The highest BCUT2D eigenvalue weighted by molar-refractivity contribution is 5.40. The summed E-state index contributed by atoms with van der Waals surface area (Å²) in [6, 6.07) is 0. The highest BCUT2D eigenvalue weighted by atomic mass is 14.9. The van der Waals surface area contributed by atoms with Gasteiger partial charge in [-0.05, 0) is 61.5 Å². The van der Waals surface area contributed by atoms with Gasteiger partial charge in [0.1, 0.15) is 0 Å². The SMILES string of the molecule is CCCCC(C)CCCCC(C)CC(C)C1=C(NCC)C=C(C(C)CC)C1. The van der Waals surface area contributed by atoms with Gasteiger partial charge in [-0.1, -0.05) is 92.1 Å². The van der Waals surface area contributed by atoms with E-state index in [1.54, 1.807) is 11.1 Å². The van der Waals surface area contributed by atoms with Crippen LogP contribution < -0.4 is 5.32 Å². The van der Waals surface area contributed by atoms with Crippen LogP contribution in [0, 0.1) is 23.7 Å². The highest BCUT2D eigenvalue weighted by Gasteiger charge is 2.24. The number of nitrogens with one attached hydrogen (secondary N) is 1. The number of rotatable bonds is 15. The standard InChI is InChI=1S/C26H49N/c1-8-11-14-20(4)15-12-13-16-21(5)17-23(7)25-18-24(22(6)9-2)19-26(25)27-10-3/h19-23,27H,8-18H2,1-7H3. The minimum atomic E-state index is 0.704. The van der Waals surface area contributed by atoms with Gasteiger partial charge in [0.05, 0.1) is 0 Å². The zero-order valence-corrected chi connectivity index (χ0v) is 19.7. The van der Waals surface area contributed by atoms with Crippen molar-refractivity contribution in [2.75, 3.05) is 6.54 Å². The van der Waals surface area contributed by atoms with Gasteiger partial charge in [-0.15, -0.1) is 0 Å². The molecule has 27 heavy (non-hydrogen) atoms. The fraction of sp³-hybridized carbons (Fsp3) is 0.846. The second-order valence-corrected chi connectivity index (χ2v) is 9.45. The van der Waals surface area contributed by atoms with Crippen molar-refractivity contribution in [2.45, 2.75) is 113 Å². The molecular weight excluding hydrogens is 326 g/mol. The van der Waals surface area contributed by atoms with Crippen molar-refractivity contribution >= 4 is 0 Å². The first-order valence-corrected chi connectivity index (χ1v) is 12.1. The summed E-state index contributed by atoms with van der Waals surface area (Å²) in [6.07, 6.45) is 16.1. The monoisotopic (exact) mass is 375 g/mol. The summed E-state index contributed by atoms with van der Waals surface area (Å²) in [6.45, 7) is 17.6. The van der Waals surface area contributed by atoms with Crippen LogP contribution in [0.1, 0.15) is 113 Å². The molecule has 0 amide bonds. The fourth-order valence-corrected chi connectivity index (χ4v) is 4.56. The van der Waals surface area contributed by atoms with Gasteiger partial charge in [-0.2, -0.15) is 0 Å². The number of unbranched alkanes of at least 4 members (excludes halogenated alkanes) is 2. The second kappa shape index (κ2) is 13.5. The topological polar surface area (TPSA) is 12.0 Å². The van der Waals surface area contributed by atoms with Gasteiger partial charge in [0, 0.05) is 12.2 Å². The number of hydrogen-bond acceptors (Lipinski definition) is 1. The van der Waals surface area contributed by atoms with Crippen LogP contribution in [0.25, 0.3) is 0 Å². The molecule has 0 saturated heterocycles. The summed E-state index contributed by atoms with van der Waals surface area (Å²) in [4.78, 5) is 0. The molecule has 4 atom stereocenters. The summed E-state index contributed by atoms with van der Waals surface area (Å²) in [5.41, 5.74) is 4.76. The summed E-state index contributed by atoms with van der Waals surface area (Å²) >= 11 is 0. The average molecular weight is 376 g/mol. The van der Waals surface area contributed by atoms with Crippen LogP contribution in [0.5, 0.6) is 0 Å². The van der Waals surface area contributed by atoms with Crippen LogP contribution in [0.3, 0.4) is 0 Å². The summed E-state index contributed by atoms with van der Waals surface area (Å²) < 4.78 is 0. The van der Waals surface area contributed by atoms with Gasteiger partial charge in [-0.3, -0.25) is 0 Å². The van der Waals surface area contributed by atoms with E-state index in [1.165, 1.54) is 69.9 Å². The first-order valence-electron chi connectivity index (χ1n) is 12.1. The smallest absolute Gasteiger partial charge is 0.0337 e. The Morgan fingerprint density at radius 2 is 1.48 bits per heavy atom. The zero-order chi connectivity index (χ0) is 20.2. The largest absolute Gasteiger partial charge is 0.385 e. The van der Waals surface area contributed by atoms with Gasteiger partial charge in [-0.25, -0.2) is 0 Å². The molecule has 1 aliphatic carbocycles. The Morgan fingerprint density at radius 1 is 0.852 bits per heavy atom. The zero-order valence-electron chi connectivity index (χ0n) is 19.7. The normalized spacial score (nSPS) is 19.0. The molecule has 0 aromatic carbocycles. The minimum absolute atomic E-state index is 0.704. The Hall–Kier alpha value is -0.720. The maximum absolute atomic E-state index is 3.64. The lowest BCUT2D eigenvalue weighted by Gasteiger charge is -2.21. The molecule has 4 unspecified atom stereocenters. The summed E-state index contributed by atoms with van der Waals surface area (Å²) in [7, 11) is 0. The predicted octanol–water partition coefficient (Wildman–Crippen LogP) is 8.28. The molecule has 1 aliphatic rings. The van der Waals surface area contributed by atoms with Crippen LogP contribution in [-0.4, -0.2) is 6.54 Å². The molecule has 1 nitrogen and oxygen atoms in total. The molecule has 0 fully saturated rings. The Labute approximate surface area is 171 Å². The van der Waals surface area contributed by atoms with E-state index in [2.05, 4.69) is 59.9 Å². The maximum atomic E-state index is 3.64. The average Bonchev–Trinajstić information content (AvgIpc) is 3.07. The van der Waals surface area contributed by atoms with Crippen LogP contribution in [0.2, 0.25) is 0 Å². The lowest BCUT2D eigenvalue weighted by molar-refractivity contribution is 0.386. The Morgan fingerprint density at radius 3 is 2.07 bits per heavy atom. The van der Waals surface area contributed by atoms with Crippen LogP contribution in [0.15, 0.2) is 22.9 Å². The lowest BCUT2D eigenvalue weighted by Crippen LogP contribution is -2.15. The molecule has 158 valence electrons. The fourth-order valence-electron chi connectivity index (χ4n) is 4.56. The van der Waals surface area contributed by atoms with E-state index >= 15 is 0 Å². The van der Waals surface area contributed by atoms with Crippen molar-refractivity contribution in [3.8, 4) is 0 Å². The van der Waals surface area contributed by atoms with Gasteiger partial charge in [0.15, 0.2) is 0 Å². The van der Waals surface area contributed by atoms with E-state index in [0.29, 0.717) is 5.92 Å². The van der Waals surface area contributed by atoms with E-state index in [-0.39, 0.29) is 0 Å². The Balaban J connectivity index is 2.41. The predicted molar refractivity (Wildman–Crippen MR) is 123 cm³/mol. The molecule has 0 heterocycles. The Kier molecular flexibility index (Phi) is 12.1. The maximum Gasteiger partial charge on any atom is 0.0337 e. The van der Waals surface area contributed by atoms with Gasteiger partial charge >= 0.3 is 0 Å². The third-order valence-corrected chi connectivity index (χ3v) is 6.73. The first kappa shape index (κ1) is 24.3. The molecule has 0 spiro atoms. The van der Waals surface area contributed by atoms with Crippen molar-refractivity contribution in [2.24, 2.45) is 23.7 Å². The van der Waals surface area contributed by atoms with E-state index in [4.69, 9.17) is 0 Å². The van der Waals surface area contributed by atoms with Crippen LogP contribution in [0.4, 0.5) is 0 Å². The third kappa shape index (κ3) is 8.88. The van der Waals surface area contributed by atoms with Crippen molar-refractivity contribution in [3.63, 3.8) is 0 Å². The van der Waals surface area contributed by atoms with Crippen molar-refractivity contribution < 1.29 is 0 Å². The van der Waals surface area contributed by atoms with Gasteiger partial charge in [0.25, 0.3) is 0 Å². The van der Waals surface area contributed by atoms with Gasteiger partial charge in [0.2, 0.25) is 0 Å². The molecule has 1 rings (SSSR count). The number of allylic oxidation sites excluding steroid dienone is 3. The van der Waals surface area contributed by atoms with Crippen molar-refractivity contribution in [1.29, 1.82) is 0 Å². The van der Waals surface area contributed by atoms with E-state index in [0.717, 1.165) is 24.3 Å². The molecule has 1 N–H and O–H groups in total. The highest BCUT2D eigenvalue weighted by Crippen LogP contribution is 2.37. The van der Waals surface area contributed by atoms with Crippen molar-refractivity contribution in [1.82, 2.24) is 5.32 Å². The first-order chi connectivity index (χ1) is 12.9. The van der Waals surface area contributed by atoms with Gasteiger partial charge < -0.3 is 5.32 Å². The molecule has 0 aromatic heterocycles. The Bertz CT molecular complexity index is 459. The molecule has 1 heteroatoms. The lowest BCUT2D eigenvalue weighted by atomic mass is 9.85. The number of likely N-dealkylation sites (N-methyl/N-ethyl adjacent to an activating group) is 1. The molecule has 0 radical (unpaired) electrons. The second-order valence-electron chi connectivity index (χ2n) is 9.45. The third-order valence-electron chi connectivity index (χ3n) is 6.73. The number of hydrogen-bond donors (Lipinski definition) is 1. The minimum Gasteiger partial charge on any atom is -0.385 e. The van der Waals surface area contributed by atoms with Crippen molar-refractivity contribution in [3.05, 3.63) is 22.9 Å². The van der Waals surface area contributed by atoms with Crippen LogP contribution in [-0.2, 0) is 0 Å².